The summed E-state index contributed by atoms with van der Waals surface area (Å²) in [6.45, 7) is 0.338. The zero-order valence-electron chi connectivity index (χ0n) is 11.0. The molecule has 0 bridgehead atoms. The van der Waals surface area contributed by atoms with Gasteiger partial charge in [0.05, 0.1) is 0 Å². The van der Waals surface area contributed by atoms with Gasteiger partial charge in [-0.1, -0.05) is 6.07 Å². The summed E-state index contributed by atoms with van der Waals surface area (Å²) in [5, 5.41) is 8.53. The Hall–Kier alpha value is -2.11. The highest BCUT2D eigenvalue weighted by atomic mass is 19.1. The number of benzene rings is 1. The lowest BCUT2D eigenvalue weighted by Gasteiger charge is -2.24. The number of anilines is 1. The highest BCUT2D eigenvalue weighted by Crippen LogP contribution is 2.15. The molecule has 0 radical (unpaired) electrons. The third-order valence-electron chi connectivity index (χ3n) is 2.69. The number of halogens is 1. The van der Waals surface area contributed by atoms with Crippen LogP contribution in [0.1, 0.15) is 12.8 Å². The Bertz CT molecular complexity index is 465. The normalized spacial score (nSPS) is 10.1. The number of nitrogens with zero attached hydrogens (tertiary/aromatic N) is 2. The molecule has 0 aromatic heterocycles. The Kier molecular flexibility index (Phi) is 5.29. The van der Waals surface area contributed by atoms with Crippen molar-refractivity contribution in [2.75, 3.05) is 25.5 Å². The first-order valence-electron chi connectivity index (χ1n) is 5.88. The largest absolute Gasteiger partial charge is 0.481 e. The van der Waals surface area contributed by atoms with Gasteiger partial charge in [-0.2, -0.15) is 0 Å². The Morgan fingerprint density at radius 2 is 2.00 bits per heavy atom. The number of carboxylic acids is 1. The maximum Gasteiger partial charge on any atom is 0.323 e. The van der Waals surface area contributed by atoms with Crippen molar-refractivity contribution < 1.29 is 19.1 Å². The number of carboxylic acid groups (broad SMARTS) is 1. The second-order valence-corrected chi connectivity index (χ2v) is 4.24. The van der Waals surface area contributed by atoms with E-state index in [0.717, 1.165) is 0 Å². The molecule has 0 spiro atoms. The molecular formula is C13H17FN2O3. The molecule has 1 rings (SSSR count). The van der Waals surface area contributed by atoms with Crippen molar-refractivity contribution in [3.05, 3.63) is 30.1 Å². The molecule has 0 fully saturated rings. The van der Waals surface area contributed by atoms with E-state index in [1.807, 2.05) is 0 Å². The maximum atomic E-state index is 13.1. The van der Waals surface area contributed by atoms with Crippen LogP contribution in [-0.4, -0.2) is 42.6 Å². The van der Waals surface area contributed by atoms with Crippen LogP contribution in [-0.2, 0) is 4.79 Å². The molecule has 5 nitrogen and oxygen atoms in total. The van der Waals surface area contributed by atoms with E-state index in [-0.39, 0.29) is 12.5 Å². The molecule has 0 heterocycles. The van der Waals surface area contributed by atoms with Crippen LogP contribution in [0.15, 0.2) is 24.3 Å². The summed E-state index contributed by atoms with van der Waals surface area (Å²) in [6.07, 6.45) is 0.399. The first kappa shape index (κ1) is 14.9. The second kappa shape index (κ2) is 6.72. The summed E-state index contributed by atoms with van der Waals surface area (Å²) < 4.78 is 13.1. The average molecular weight is 268 g/mol. The number of amides is 2. The predicted octanol–water partition coefficient (Wildman–Crippen LogP) is 2.18. The van der Waals surface area contributed by atoms with Crippen LogP contribution in [0.3, 0.4) is 0 Å². The zero-order valence-corrected chi connectivity index (χ0v) is 11.0. The third kappa shape index (κ3) is 4.57. The van der Waals surface area contributed by atoms with Crippen molar-refractivity contribution in [3.8, 4) is 0 Å². The molecule has 0 aliphatic heterocycles. The fraction of sp³-hybridized carbons (Fsp3) is 0.385. The minimum absolute atomic E-state index is 0.0152. The van der Waals surface area contributed by atoms with Gasteiger partial charge in [0.15, 0.2) is 0 Å². The van der Waals surface area contributed by atoms with Crippen molar-refractivity contribution in [3.63, 3.8) is 0 Å². The molecule has 104 valence electrons. The van der Waals surface area contributed by atoms with Crippen molar-refractivity contribution >= 4 is 17.7 Å². The summed E-state index contributed by atoms with van der Waals surface area (Å²) >= 11 is 0. The van der Waals surface area contributed by atoms with E-state index in [1.165, 1.54) is 28.0 Å². The van der Waals surface area contributed by atoms with Crippen LogP contribution in [0.5, 0.6) is 0 Å². The van der Waals surface area contributed by atoms with Gasteiger partial charge in [0.2, 0.25) is 0 Å². The quantitative estimate of drug-likeness (QED) is 0.890. The molecule has 19 heavy (non-hydrogen) atoms. The molecule has 1 aromatic carbocycles. The van der Waals surface area contributed by atoms with Gasteiger partial charge in [-0.15, -0.1) is 0 Å². The lowest BCUT2D eigenvalue weighted by atomic mass is 10.3. The van der Waals surface area contributed by atoms with Gasteiger partial charge in [0.25, 0.3) is 0 Å². The van der Waals surface area contributed by atoms with E-state index in [1.54, 1.807) is 20.2 Å². The first-order valence-corrected chi connectivity index (χ1v) is 5.88. The average Bonchev–Trinajstić information content (AvgIpc) is 2.36. The summed E-state index contributed by atoms with van der Waals surface area (Å²) in [5.74, 6) is -1.30. The van der Waals surface area contributed by atoms with Gasteiger partial charge in [-0.05, 0) is 24.6 Å². The molecule has 0 saturated heterocycles. The van der Waals surface area contributed by atoms with Crippen LogP contribution < -0.4 is 4.90 Å². The van der Waals surface area contributed by atoms with Crippen LogP contribution in [0.4, 0.5) is 14.9 Å². The summed E-state index contributed by atoms with van der Waals surface area (Å²) in [6, 6.07) is 5.42. The Morgan fingerprint density at radius 3 is 2.58 bits per heavy atom. The fourth-order valence-electron chi connectivity index (χ4n) is 1.61. The summed E-state index contributed by atoms with van der Waals surface area (Å²) in [7, 11) is 3.13. The maximum absolute atomic E-state index is 13.1. The molecule has 0 unspecified atom stereocenters. The van der Waals surface area contributed by atoms with Crippen molar-refractivity contribution in [1.29, 1.82) is 0 Å². The summed E-state index contributed by atoms with van der Waals surface area (Å²) in [5.41, 5.74) is 0.454. The van der Waals surface area contributed by atoms with Crippen molar-refractivity contribution in [2.24, 2.45) is 0 Å². The molecule has 0 saturated carbocycles. The predicted molar refractivity (Wildman–Crippen MR) is 69.7 cm³/mol. The van der Waals surface area contributed by atoms with Crippen LogP contribution >= 0.6 is 0 Å². The number of hydrogen-bond donors (Lipinski definition) is 1. The Balaban J connectivity index is 2.58. The van der Waals surface area contributed by atoms with Gasteiger partial charge < -0.3 is 10.0 Å². The van der Waals surface area contributed by atoms with Crippen LogP contribution in [0, 0.1) is 5.82 Å². The molecule has 0 atom stereocenters. The lowest BCUT2D eigenvalue weighted by molar-refractivity contribution is -0.137. The Morgan fingerprint density at radius 1 is 1.32 bits per heavy atom. The zero-order chi connectivity index (χ0) is 14.4. The van der Waals surface area contributed by atoms with E-state index in [2.05, 4.69) is 0 Å². The third-order valence-corrected chi connectivity index (χ3v) is 2.69. The number of rotatable bonds is 5. The van der Waals surface area contributed by atoms with Crippen LogP contribution in [0.25, 0.3) is 0 Å². The molecule has 1 N–H and O–H groups in total. The second-order valence-electron chi connectivity index (χ2n) is 4.24. The number of carbonyl (C=O) groups is 2. The van der Waals surface area contributed by atoms with Gasteiger partial charge in [0.1, 0.15) is 5.82 Å². The number of hydrogen-bond acceptors (Lipinski definition) is 2. The summed E-state index contributed by atoms with van der Waals surface area (Å²) in [4.78, 5) is 25.1. The molecule has 0 aliphatic rings. The molecule has 2 amide bonds. The topological polar surface area (TPSA) is 60.9 Å². The smallest absolute Gasteiger partial charge is 0.323 e. The van der Waals surface area contributed by atoms with E-state index in [0.29, 0.717) is 18.7 Å². The molecular weight excluding hydrogens is 251 g/mol. The van der Waals surface area contributed by atoms with Crippen molar-refractivity contribution in [2.45, 2.75) is 12.8 Å². The number of aliphatic carboxylic acids is 1. The van der Waals surface area contributed by atoms with E-state index < -0.39 is 11.8 Å². The molecule has 0 aliphatic carbocycles. The first-order chi connectivity index (χ1) is 8.91. The van der Waals surface area contributed by atoms with E-state index in [4.69, 9.17) is 5.11 Å². The Labute approximate surface area is 111 Å². The van der Waals surface area contributed by atoms with Gasteiger partial charge in [-0.3, -0.25) is 9.69 Å². The van der Waals surface area contributed by atoms with E-state index in [9.17, 15) is 14.0 Å². The lowest BCUT2D eigenvalue weighted by Crippen LogP contribution is -2.39. The van der Waals surface area contributed by atoms with Gasteiger partial charge in [0, 0.05) is 32.7 Å². The van der Waals surface area contributed by atoms with Crippen molar-refractivity contribution in [1.82, 2.24) is 4.90 Å². The minimum Gasteiger partial charge on any atom is -0.481 e. The minimum atomic E-state index is -0.890. The number of carbonyl (C=O) groups excluding carboxylic acids is 1. The fourth-order valence-corrected chi connectivity index (χ4v) is 1.61. The highest BCUT2D eigenvalue weighted by molar-refractivity contribution is 5.91. The molecule has 1 aromatic rings. The SMILES string of the molecule is CN(CCCC(=O)O)C(=O)N(C)c1cccc(F)c1. The number of urea groups is 1. The van der Waals surface area contributed by atoms with Gasteiger partial charge >= 0.3 is 12.0 Å². The van der Waals surface area contributed by atoms with E-state index >= 15 is 0 Å². The van der Waals surface area contributed by atoms with Gasteiger partial charge in [-0.25, -0.2) is 9.18 Å². The molecule has 6 heteroatoms. The highest BCUT2D eigenvalue weighted by Gasteiger charge is 2.16. The van der Waals surface area contributed by atoms with Crippen LogP contribution in [0.2, 0.25) is 0 Å². The monoisotopic (exact) mass is 268 g/mol. The standard InChI is InChI=1S/C13H17FN2O3/c1-15(8-4-7-12(17)18)13(19)16(2)11-6-3-5-10(14)9-11/h3,5-6,9H,4,7-8H2,1-2H3,(H,17,18).